The van der Waals surface area contributed by atoms with Gasteiger partial charge in [-0.05, 0) is 69.0 Å². The van der Waals surface area contributed by atoms with Gasteiger partial charge >= 0.3 is 5.69 Å². The molecule has 2 aliphatic heterocycles. The minimum atomic E-state index is -3.87. The molecule has 0 N–H and O–H groups in total. The van der Waals surface area contributed by atoms with E-state index in [0.717, 1.165) is 28.2 Å². The number of likely N-dealkylation sites (tertiary alicyclic amines) is 1. The molecular formula is C27H30ClN5O4S. The second-order valence-electron chi connectivity index (χ2n) is 9.88. The fourth-order valence-corrected chi connectivity index (χ4v) is 7.46. The Balaban J connectivity index is 1.22. The molecule has 200 valence electrons. The number of sulfonamides is 1. The van der Waals surface area contributed by atoms with Gasteiger partial charge in [0.25, 0.3) is 15.9 Å². The first-order valence-corrected chi connectivity index (χ1v) is 14.8. The Morgan fingerprint density at radius 3 is 2.53 bits per heavy atom. The summed E-state index contributed by atoms with van der Waals surface area (Å²) in [6, 6.07) is 14.0. The number of unbranched alkanes of at least 4 members (excludes halogenated alkanes) is 1. The number of aromatic nitrogens is 2. The van der Waals surface area contributed by atoms with Crippen LogP contribution in [0.4, 0.5) is 0 Å². The summed E-state index contributed by atoms with van der Waals surface area (Å²) in [7, 11) is -3.87. The number of amides is 1. The molecule has 1 aromatic heterocycles. The van der Waals surface area contributed by atoms with Crippen LogP contribution in [0, 0.1) is 11.3 Å². The van der Waals surface area contributed by atoms with Crippen molar-refractivity contribution in [2.45, 2.75) is 62.6 Å². The number of carbonyl (C=O) groups is 1. The number of benzene rings is 2. The van der Waals surface area contributed by atoms with Gasteiger partial charge in [0, 0.05) is 30.7 Å². The van der Waals surface area contributed by atoms with Crippen molar-refractivity contribution in [3.05, 3.63) is 63.5 Å². The van der Waals surface area contributed by atoms with Gasteiger partial charge in [-0.15, -0.1) is 0 Å². The zero-order valence-electron chi connectivity index (χ0n) is 21.2. The fraction of sp³-hybridized carbons (Fsp3) is 0.444. The first-order chi connectivity index (χ1) is 18.3. The number of imidazole rings is 1. The zero-order valence-corrected chi connectivity index (χ0v) is 22.8. The van der Waals surface area contributed by atoms with E-state index in [2.05, 4.69) is 11.0 Å². The third kappa shape index (κ3) is 4.53. The van der Waals surface area contributed by atoms with Gasteiger partial charge in [0.05, 0.1) is 28.7 Å². The van der Waals surface area contributed by atoms with E-state index in [4.69, 9.17) is 11.6 Å². The van der Waals surface area contributed by atoms with Gasteiger partial charge < -0.3 is 0 Å². The minimum Gasteiger partial charge on any atom is -0.292 e. The molecule has 0 bridgehead atoms. The highest BCUT2D eigenvalue weighted by Crippen LogP contribution is 2.33. The Morgan fingerprint density at radius 1 is 1.05 bits per heavy atom. The van der Waals surface area contributed by atoms with Gasteiger partial charge in [0.15, 0.2) is 0 Å². The average Bonchev–Trinajstić information content (AvgIpc) is 3.28. The molecule has 38 heavy (non-hydrogen) atoms. The van der Waals surface area contributed by atoms with Crippen LogP contribution in [0.25, 0.3) is 11.0 Å². The Morgan fingerprint density at radius 2 is 1.79 bits per heavy atom. The van der Waals surface area contributed by atoms with Crippen LogP contribution in [-0.4, -0.2) is 58.3 Å². The number of rotatable bonds is 8. The zero-order chi connectivity index (χ0) is 27.0. The second-order valence-corrected chi connectivity index (χ2v) is 12.1. The van der Waals surface area contributed by atoms with Gasteiger partial charge in [-0.1, -0.05) is 30.7 Å². The normalized spacial score (nSPS) is 21.1. The molecule has 0 saturated carbocycles. The minimum absolute atomic E-state index is 0.00551. The summed E-state index contributed by atoms with van der Waals surface area (Å²) in [6.45, 7) is 4.05. The van der Waals surface area contributed by atoms with Gasteiger partial charge in [-0.3, -0.25) is 18.8 Å². The molecule has 2 unspecified atom stereocenters. The third-order valence-corrected chi connectivity index (χ3v) is 9.61. The van der Waals surface area contributed by atoms with E-state index in [1.54, 1.807) is 0 Å². The van der Waals surface area contributed by atoms with Crippen molar-refractivity contribution in [1.29, 1.82) is 5.26 Å². The average molecular weight is 556 g/mol. The quantitative estimate of drug-likeness (QED) is 0.388. The van der Waals surface area contributed by atoms with Crippen LogP contribution in [-0.2, 0) is 16.6 Å². The predicted octanol–water partition coefficient (Wildman–Crippen LogP) is 4.02. The lowest BCUT2D eigenvalue weighted by atomic mass is 9.97. The molecular weight excluding hydrogens is 526 g/mol. The van der Waals surface area contributed by atoms with E-state index in [9.17, 15) is 23.3 Å². The molecule has 1 fully saturated rings. The number of aryl methyl sites for hydroxylation is 1. The first kappa shape index (κ1) is 26.5. The van der Waals surface area contributed by atoms with Crippen LogP contribution in [0.5, 0.6) is 0 Å². The lowest BCUT2D eigenvalue weighted by molar-refractivity contribution is 0.0866. The summed E-state index contributed by atoms with van der Waals surface area (Å²) in [5.74, 6) is -0.550. The molecule has 5 rings (SSSR count). The third-order valence-electron chi connectivity index (χ3n) is 7.54. The van der Waals surface area contributed by atoms with Crippen molar-refractivity contribution < 1.29 is 13.2 Å². The van der Waals surface area contributed by atoms with Crippen molar-refractivity contribution in [3.63, 3.8) is 0 Å². The van der Waals surface area contributed by atoms with Crippen LogP contribution >= 0.6 is 11.6 Å². The number of nitriles is 1. The fourth-order valence-electron chi connectivity index (χ4n) is 5.71. The molecule has 0 spiro atoms. The molecule has 9 nitrogen and oxygen atoms in total. The van der Waals surface area contributed by atoms with E-state index in [1.807, 2.05) is 40.3 Å². The highest BCUT2D eigenvalue weighted by molar-refractivity contribution is 7.90. The van der Waals surface area contributed by atoms with Crippen LogP contribution in [0.1, 0.15) is 55.4 Å². The van der Waals surface area contributed by atoms with Crippen LogP contribution < -0.4 is 5.69 Å². The molecule has 11 heteroatoms. The molecule has 1 amide bonds. The van der Waals surface area contributed by atoms with Crippen molar-refractivity contribution >= 4 is 38.6 Å². The van der Waals surface area contributed by atoms with E-state index in [0.29, 0.717) is 43.9 Å². The molecule has 0 aliphatic carbocycles. The number of hydrogen-bond donors (Lipinski definition) is 0. The van der Waals surface area contributed by atoms with Gasteiger partial charge in [-0.25, -0.2) is 17.5 Å². The summed E-state index contributed by atoms with van der Waals surface area (Å²) in [5, 5.41) is 10.2. The highest BCUT2D eigenvalue weighted by atomic mass is 35.5. The number of halogens is 1. The molecule has 0 radical (unpaired) electrons. The predicted molar refractivity (Wildman–Crippen MR) is 145 cm³/mol. The maximum atomic E-state index is 13.3. The molecule has 2 aromatic carbocycles. The molecule has 1 saturated heterocycles. The Kier molecular flexibility index (Phi) is 7.36. The summed E-state index contributed by atoms with van der Waals surface area (Å²) < 4.78 is 30.2. The van der Waals surface area contributed by atoms with E-state index in [1.165, 1.54) is 18.2 Å². The highest BCUT2D eigenvalue weighted by Gasteiger charge is 2.41. The van der Waals surface area contributed by atoms with E-state index >= 15 is 0 Å². The summed E-state index contributed by atoms with van der Waals surface area (Å²) in [5.41, 5.74) is 1.91. The van der Waals surface area contributed by atoms with Crippen LogP contribution in [0.2, 0.25) is 5.02 Å². The second kappa shape index (κ2) is 10.6. The van der Waals surface area contributed by atoms with E-state index in [-0.39, 0.29) is 34.8 Å². The number of hydrogen-bond acceptors (Lipinski definition) is 6. The number of para-hydroxylation sites is 2. The Labute approximate surface area is 226 Å². The molecule has 3 heterocycles. The molecule has 2 aliphatic rings. The lowest BCUT2D eigenvalue weighted by Gasteiger charge is -2.36. The summed E-state index contributed by atoms with van der Waals surface area (Å²) in [6.07, 6.45) is 3.26. The largest absolute Gasteiger partial charge is 0.329 e. The van der Waals surface area contributed by atoms with Gasteiger partial charge in [0.2, 0.25) is 0 Å². The maximum absolute atomic E-state index is 13.3. The lowest BCUT2D eigenvalue weighted by Crippen LogP contribution is -2.44. The number of carbonyl (C=O) groups excluding carboxylic acids is 1. The molecule has 2 atom stereocenters. The monoisotopic (exact) mass is 555 g/mol. The summed E-state index contributed by atoms with van der Waals surface area (Å²) in [4.78, 5) is 28.1. The molecule has 3 aromatic rings. The van der Waals surface area contributed by atoms with E-state index < -0.39 is 15.9 Å². The smallest absolute Gasteiger partial charge is 0.292 e. The first-order valence-electron chi connectivity index (χ1n) is 13.0. The number of piperidine rings is 1. The Bertz CT molecular complexity index is 1590. The van der Waals surface area contributed by atoms with Crippen molar-refractivity contribution in [3.8, 4) is 6.07 Å². The number of nitrogens with zero attached hydrogens (tertiary/aromatic N) is 5. The summed E-state index contributed by atoms with van der Waals surface area (Å²) >= 11 is 5.95. The standard InChI is InChI=1S/C27H30ClN5O4S/c1-2-12-31-23-7-3-4-8-24(23)33(27(31)35)20-11-15-30(21(17-20)18-29)13-5-6-14-32-26(34)22-16-19(28)9-10-25(22)38(32,36)37/h3-4,7-10,16,20-21H,2,5-6,11-15,17H2,1H3. The topological polar surface area (TPSA) is 108 Å². The Hall–Kier alpha value is -3.13. The van der Waals surface area contributed by atoms with Crippen molar-refractivity contribution in [1.82, 2.24) is 18.3 Å². The SMILES string of the molecule is CCCn1c(=O)n(C2CCN(CCCCN3C(=O)c4cc(Cl)ccc4S3(=O)=O)C(C#N)C2)c2ccccc21. The van der Waals surface area contributed by atoms with Crippen molar-refractivity contribution in [2.24, 2.45) is 0 Å². The van der Waals surface area contributed by atoms with Gasteiger partial charge in [-0.2, -0.15) is 5.26 Å². The van der Waals surface area contributed by atoms with Crippen LogP contribution in [0.15, 0.2) is 52.2 Å². The maximum Gasteiger partial charge on any atom is 0.329 e. The number of fused-ring (bicyclic) bond motifs is 2. The van der Waals surface area contributed by atoms with Crippen molar-refractivity contribution in [2.75, 3.05) is 19.6 Å². The van der Waals surface area contributed by atoms with Crippen LogP contribution in [0.3, 0.4) is 0 Å². The van der Waals surface area contributed by atoms with Gasteiger partial charge in [0.1, 0.15) is 4.90 Å².